The maximum absolute atomic E-state index is 12.8. The van der Waals surface area contributed by atoms with Crippen LogP contribution in [0.4, 0.5) is 0 Å². The van der Waals surface area contributed by atoms with Gasteiger partial charge in [0.2, 0.25) is 5.91 Å². The normalized spacial score (nSPS) is 19.9. The Morgan fingerprint density at radius 3 is 2.67 bits per heavy atom. The number of amides is 2. The molecule has 2 fully saturated rings. The Morgan fingerprint density at radius 1 is 1.21 bits per heavy atom. The first-order valence-electron chi connectivity index (χ1n) is 8.93. The summed E-state index contributed by atoms with van der Waals surface area (Å²) in [6.07, 6.45) is 5.73. The molecule has 2 aliphatic rings. The van der Waals surface area contributed by atoms with Crippen molar-refractivity contribution in [2.24, 2.45) is 0 Å². The Balaban J connectivity index is 1.59. The molecule has 3 rings (SSSR count). The number of hydrogen-bond acceptors (Lipinski definition) is 4. The van der Waals surface area contributed by atoms with E-state index in [4.69, 9.17) is 0 Å². The highest BCUT2D eigenvalue weighted by atomic mass is 32.2. The molecule has 0 aromatic carbocycles. The van der Waals surface area contributed by atoms with E-state index in [1.54, 1.807) is 0 Å². The molecule has 0 unspecified atom stereocenters. The maximum atomic E-state index is 12.8. The summed E-state index contributed by atoms with van der Waals surface area (Å²) in [4.78, 5) is 29.9. The van der Waals surface area contributed by atoms with E-state index in [1.165, 1.54) is 11.3 Å². The lowest BCUT2D eigenvalue weighted by Gasteiger charge is -2.44. The van der Waals surface area contributed by atoms with Crippen molar-refractivity contribution in [3.8, 4) is 0 Å². The van der Waals surface area contributed by atoms with Crippen molar-refractivity contribution in [2.45, 2.75) is 50.3 Å². The van der Waals surface area contributed by atoms with Gasteiger partial charge in [0, 0.05) is 31.8 Å². The summed E-state index contributed by atoms with van der Waals surface area (Å²) in [5.41, 5.74) is 0. The SMILES string of the molecule is CCCCCC(=O)N1CCC2(CC1)SCCN2C(=O)c1cccs1. The zero-order chi connectivity index (χ0) is 17.0. The summed E-state index contributed by atoms with van der Waals surface area (Å²) < 4.78 is 0. The lowest BCUT2D eigenvalue weighted by atomic mass is 10.0. The van der Waals surface area contributed by atoms with Gasteiger partial charge in [-0.15, -0.1) is 23.1 Å². The Labute approximate surface area is 152 Å². The van der Waals surface area contributed by atoms with Crippen LogP contribution in [0, 0.1) is 0 Å². The summed E-state index contributed by atoms with van der Waals surface area (Å²) in [6.45, 7) is 4.55. The Hall–Kier alpha value is -1.01. The summed E-state index contributed by atoms with van der Waals surface area (Å²) >= 11 is 3.42. The number of piperidine rings is 1. The van der Waals surface area contributed by atoms with Gasteiger partial charge >= 0.3 is 0 Å². The van der Waals surface area contributed by atoms with Crippen LogP contribution < -0.4 is 0 Å². The van der Waals surface area contributed by atoms with E-state index in [0.717, 1.165) is 62.4 Å². The minimum absolute atomic E-state index is 0.0960. The van der Waals surface area contributed by atoms with Crippen LogP contribution >= 0.6 is 23.1 Å². The molecule has 0 radical (unpaired) electrons. The van der Waals surface area contributed by atoms with Crippen molar-refractivity contribution in [2.75, 3.05) is 25.4 Å². The van der Waals surface area contributed by atoms with Crippen molar-refractivity contribution in [1.29, 1.82) is 0 Å². The van der Waals surface area contributed by atoms with Gasteiger partial charge in [-0.2, -0.15) is 0 Å². The minimum atomic E-state index is -0.0960. The summed E-state index contributed by atoms with van der Waals surface area (Å²) in [5.74, 6) is 1.46. The van der Waals surface area contributed by atoms with Crippen LogP contribution in [0.1, 0.15) is 55.1 Å². The lowest BCUT2D eigenvalue weighted by molar-refractivity contribution is -0.132. The monoisotopic (exact) mass is 366 g/mol. The van der Waals surface area contributed by atoms with E-state index in [0.29, 0.717) is 6.42 Å². The standard InChI is InChI=1S/C18H26N2O2S2/c1-2-3-4-7-16(21)19-10-8-18(9-11-19)20(12-14-24-18)17(22)15-6-5-13-23-15/h5-6,13H,2-4,7-12,14H2,1H3. The highest BCUT2D eigenvalue weighted by molar-refractivity contribution is 8.00. The van der Waals surface area contributed by atoms with Crippen LogP contribution in [0.5, 0.6) is 0 Å². The van der Waals surface area contributed by atoms with Gasteiger partial charge in [0.1, 0.15) is 0 Å². The van der Waals surface area contributed by atoms with Gasteiger partial charge in [0.25, 0.3) is 5.91 Å². The molecule has 0 bridgehead atoms. The highest BCUT2D eigenvalue weighted by Crippen LogP contribution is 2.44. The number of rotatable bonds is 5. The Kier molecular flexibility index (Phi) is 5.87. The van der Waals surface area contributed by atoms with Crippen molar-refractivity contribution >= 4 is 34.9 Å². The smallest absolute Gasteiger partial charge is 0.265 e. The van der Waals surface area contributed by atoms with Gasteiger partial charge in [-0.1, -0.05) is 25.8 Å². The number of thioether (sulfide) groups is 1. The molecule has 1 spiro atoms. The van der Waals surface area contributed by atoms with E-state index < -0.39 is 0 Å². The van der Waals surface area contributed by atoms with Crippen LogP contribution in [-0.4, -0.2) is 51.9 Å². The number of carbonyl (C=O) groups is 2. The number of likely N-dealkylation sites (tertiary alicyclic amines) is 1. The minimum Gasteiger partial charge on any atom is -0.342 e. The molecule has 0 saturated carbocycles. The third-order valence-electron chi connectivity index (χ3n) is 5.05. The fourth-order valence-corrected chi connectivity index (χ4v) is 5.76. The first kappa shape index (κ1) is 17.8. The van der Waals surface area contributed by atoms with E-state index in [1.807, 2.05) is 34.2 Å². The molecule has 2 aliphatic heterocycles. The van der Waals surface area contributed by atoms with Crippen LogP contribution in [0.25, 0.3) is 0 Å². The molecule has 0 aliphatic carbocycles. The molecular weight excluding hydrogens is 340 g/mol. The van der Waals surface area contributed by atoms with Gasteiger partial charge < -0.3 is 9.80 Å². The molecule has 2 saturated heterocycles. The fraction of sp³-hybridized carbons (Fsp3) is 0.667. The van der Waals surface area contributed by atoms with Crippen LogP contribution in [0.3, 0.4) is 0 Å². The van der Waals surface area contributed by atoms with Crippen LogP contribution in [-0.2, 0) is 4.79 Å². The van der Waals surface area contributed by atoms with Gasteiger partial charge in [-0.25, -0.2) is 0 Å². The zero-order valence-corrected chi connectivity index (χ0v) is 16.0. The van der Waals surface area contributed by atoms with Crippen molar-refractivity contribution in [3.63, 3.8) is 0 Å². The van der Waals surface area contributed by atoms with Crippen LogP contribution in [0.15, 0.2) is 17.5 Å². The van der Waals surface area contributed by atoms with E-state index in [2.05, 4.69) is 11.8 Å². The third kappa shape index (κ3) is 3.64. The molecular formula is C18H26N2O2S2. The average Bonchev–Trinajstić information content (AvgIpc) is 3.25. The predicted molar refractivity (Wildman–Crippen MR) is 101 cm³/mol. The summed E-state index contributed by atoms with van der Waals surface area (Å²) in [6, 6.07) is 3.85. The largest absolute Gasteiger partial charge is 0.342 e. The van der Waals surface area contributed by atoms with E-state index in [9.17, 15) is 9.59 Å². The average molecular weight is 367 g/mol. The quantitative estimate of drug-likeness (QED) is 0.744. The number of carbonyl (C=O) groups excluding carboxylic acids is 2. The first-order valence-corrected chi connectivity index (χ1v) is 10.8. The van der Waals surface area contributed by atoms with Gasteiger partial charge in [0.05, 0.1) is 9.75 Å². The molecule has 0 N–H and O–H groups in total. The molecule has 3 heterocycles. The second kappa shape index (κ2) is 7.91. The van der Waals surface area contributed by atoms with Gasteiger partial charge in [0.15, 0.2) is 0 Å². The Morgan fingerprint density at radius 2 is 2.00 bits per heavy atom. The molecule has 0 atom stereocenters. The topological polar surface area (TPSA) is 40.6 Å². The molecule has 4 nitrogen and oxygen atoms in total. The predicted octanol–water partition coefficient (Wildman–Crippen LogP) is 3.84. The van der Waals surface area contributed by atoms with Crippen LogP contribution in [0.2, 0.25) is 0 Å². The molecule has 6 heteroatoms. The van der Waals surface area contributed by atoms with Crippen molar-refractivity contribution in [1.82, 2.24) is 9.80 Å². The summed E-state index contributed by atoms with van der Waals surface area (Å²) in [7, 11) is 0. The van der Waals surface area contributed by atoms with Crippen molar-refractivity contribution in [3.05, 3.63) is 22.4 Å². The third-order valence-corrected chi connectivity index (χ3v) is 7.46. The molecule has 1 aromatic rings. The van der Waals surface area contributed by atoms with E-state index >= 15 is 0 Å². The second-order valence-corrected chi connectivity index (χ2v) is 8.97. The number of nitrogens with zero attached hydrogens (tertiary/aromatic N) is 2. The zero-order valence-electron chi connectivity index (χ0n) is 14.3. The summed E-state index contributed by atoms with van der Waals surface area (Å²) in [5, 5.41) is 1.96. The fourth-order valence-electron chi connectivity index (χ4n) is 3.63. The Bertz CT molecular complexity index is 566. The van der Waals surface area contributed by atoms with Gasteiger partial charge in [-0.05, 0) is 30.7 Å². The molecule has 1 aromatic heterocycles. The number of unbranched alkanes of at least 4 members (excludes halogenated alkanes) is 2. The van der Waals surface area contributed by atoms with Gasteiger partial charge in [-0.3, -0.25) is 9.59 Å². The molecule has 24 heavy (non-hydrogen) atoms. The first-order chi connectivity index (χ1) is 11.7. The number of thiophene rings is 1. The maximum Gasteiger partial charge on any atom is 0.265 e. The second-order valence-electron chi connectivity index (χ2n) is 6.57. The molecule has 2 amide bonds. The number of hydrogen-bond donors (Lipinski definition) is 0. The highest BCUT2D eigenvalue weighted by Gasteiger charge is 2.47. The van der Waals surface area contributed by atoms with E-state index in [-0.39, 0.29) is 16.7 Å². The molecule has 132 valence electrons. The van der Waals surface area contributed by atoms with Crippen molar-refractivity contribution < 1.29 is 9.59 Å². The lowest BCUT2D eigenvalue weighted by Crippen LogP contribution is -2.53.